The van der Waals surface area contributed by atoms with Gasteiger partial charge in [0.05, 0.1) is 4.90 Å². The second kappa shape index (κ2) is 7.09. The maximum Gasteiger partial charge on any atom is 0.264 e. The summed E-state index contributed by atoms with van der Waals surface area (Å²) in [5.74, 6) is 1.46. The van der Waals surface area contributed by atoms with Crippen LogP contribution in [0.1, 0.15) is 0 Å². The van der Waals surface area contributed by atoms with E-state index >= 15 is 0 Å². The minimum Gasteiger partial charge on any atom is -0.457 e. The van der Waals surface area contributed by atoms with Gasteiger partial charge >= 0.3 is 0 Å². The van der Waals surface area contributed by atoms with Gasteiger partial charge < -0.3 is 4.74 Å². The third kappa shape index (κ3) is 3.98. The van der Waals surface area contributed by atoms with Crippen LogP contribution >= 0.6 is 0 Å². The molecule has 3 rings (SSSR count). The summed E-state index contributed by atoms with van der Waals surface area (Å²) >= 11 is 0. The molecule has 0 spiro atoms. The Balaban J connectivity index is 1.79. The number of ether oxygens (including phenoxy) is 1. The Morgan fingerprint density at radius 3 is 1.84 bits per heavy atom. The first kappa shape index (κ1) is 16.6. The molecule has 0 unspecified atom stereocenters. The minimum atomic E-state index is -3.96. The van der Waals surface area contributed by atoms with Crippen molar-refractivity contribution in [3.8, 4) is 22.6 Å². The summed E-state index contributed by atoms with van der Waals surface area (Å²) in [5, 5.41) is 0. The average Bonchev–Trinajstić information content (AvgIpc) is 2.63. The van der Waals surface area contributed by atoms with E-state index in [1.54, 1.807) is 12.1 Å². The number of rotatable bonds is 5. The van der Waals surface area contributed by atoms with Crippen LogP contribution in [0.15, 0.2) is 88.3 Å². The smallest absolute Gasteiger partial charge is 0.264 e. The number of benzene rings is 3. The molecule has 3 aromatic carbocycles. The van der Waals surface area contributed by atoms with Gasteiger partial charge in [-0.15, -0.1) is 0 Å². The number of hydrogen-bond acceptors (Lipinski definition) is 3. The highest BCUT2D eigenvalue weighted by Gasteiger charge is 2.11. The molecule has 7 heteroatoms. The van der Waals surface area contributed by atoms with Gasteiger partial charge in [0.15, 0.2) is 0 Å². The molecule has 0 aliphatic rings. The van der Waals surface area contributed by atoms with Crippen molar-refractivity contribution in [3.63, 3.8) is 0 Å². The van der Waals surface area contributed by atoms with E-state index in [0.29, 0.717) is 5.75 Å². The van der Waals surface area contributed by atoms with Crippen LogP contribution in [0.5, 0.6) is 11.5 Å². The van der Waals surface area contributed by atoms with Crippen molar-refractivity contribution in [2.24, 2.45) is 4.52 Å². The maximum absolute atomic E-state index is 11.7. The highest BCUT2D eigenvalue weighted by molar-refractivity contribution is 7.90. The van der Waals surface area contributed by atoms with Crippen LogP contribution in [0.2, 0.25) is 0 Å². The first-order chi connectivity index (χ1) is 12.1. The molecular formula is C18H13N3O3S. The van der Waals surface area contributed by atoms with E-state index < -0.39 is 10.0 Å². The number of hydrogen-bond donors (Lipinski definition) is 0. The lowest BCUT2D eigenvalue weighted by atomic mass is 10.1. The van der Waals surface area contributed by atoms with Gasteiger partial charge in [-0.2, -0.15) is 0 Å². The number of sulfonamides is 1. The third-order valence-corrected chi connectivity index (χ3v) is 4.62. The maximum atomic E-state index is 11.7. The molecule has 124 valence electrons. The second-order valence-electron chi connectivity index (χ2n) is 5.11. The zero-order chi connectivity index (χ0) is 17.7. The molecule has 0 aliphatic heterocycles. The standard InChI is InChI=1S/C18H13N3O3S/c19-20-21-25(22,23)18-12-8-15(9-13-18)14-6-10-17(11-7-14)24-16-4-2-1-3-5-16/h1-13H. The first-order valence-electron chi connectivity index (χ1n) is 7.33. The van der Waals surface area contributed by atoms with E-state index in [0.717, 1.165) is 16.9 Å². The summed E-state index contributed by atoms with van der Waals surface area (Å²) in [6.07, 6.45) is 0. The molecule has 0 aliphatic carbocycles. The molecule has 0 aromatic heterocycles. The Bertz CT molecular complexity index is 1010. The Hall–Kier alpha value is -3.28. The Labute approximate surface area is 145 Å². The van der Waals surface area contributed by atoms with Crippen LogP contribution in [0.4, 0.5) is 0 Å². The van der Waals surface area contributed by atoms with Crippen LogP contribution in [0.25, 0.3) is 21.6 Å². The lowest BCUT2D eigenvalue weighted by Crippen LogP contribution is -1.94. The topological polar surface area (TPSA) is 92.1 Å². The van der Waals surface area contributed by atoms with Crippen LogP contribution < -0.4 is 4.74 Å². The predicted octanol–water partition coefficient (Wildman–Crippen LogP) is 5.14. The zero-order valence-corrected chi connectivity index (χ0v) is 13.8. The van der Waals surface area contributed by atoms with Gasteiger partial charge in [-0.05, 0) is 53.1 Å². The number of azide groups is 1. The molecule has 0 fully saturated rings. The van der Waals surface area contributed by atoms with Gasteiger partial charge in [-0.25, -0.2) is 8.42 Å². The van der Waals surface area contributed by atoms with Gasteiger partial charge in [0.1, 0.15) is 11.5 Å². The fourth-order valence-corrected chi connectivity index (χ4v) is 2.93. The summed E-state index contributed by atoms with van der Waals surface area (Å²) in [7, 11) is -3.96. The summed E-state index contributed by atoms with van der Waals surface area (Å²) in [5.41, 5.74) is 10.0. The van der Waals surface area contributed by atoms with Crippen molar-refractivity contribution >= 4 is 10.0 Å². The second-order valence-corrected chi connectivity index (χ2v) is 6.69. The van der Waals surface area contributed by atoms with Gasteiger partial charge in [-0.1, -0.05) is 42.5 Å². The van der Waals surface area contributed by atoms with Crippen LogP contribution in [-0.2, 0) is 10.0 Å². The van der Waals surface area contributed by atoms with Crippen molar-refractivity contribution < 1.29 is 13.2 Å². The average molecular weight is 351 g/mol. The molecule has 3 aromatic rings. The Morgan fingerprint density at radius 1 is 0.760 bits per heavy atom. The molecule has 0 radical (unpaired) electrons. The van der Waals surface area contributed by atoms with E-state index in [2.05, 4.69) is 9.43 Å². The molecule has 0 saturated heterocycles. The quantitative estimate of drug-likeness (QED) is 0.362. The van der Waals surface area contributed by atoms with Crippen molar-refractivity contribution in [1.82, 2.24) is 0 Å². The molecular weight excluding hydrogens is 338 g/mol. The van der Waals surface area contributed by atoms with Gasteiger partial charge in [0.2, 0.25) is 0 Å². The lowest BCUT2D eigenvalue weighted by Gasteiger charge is -2.07. The van der Waals surface area contributed by atoms with E-state index in [9.17, 15) is 8.42 Å². The molecule has 25 heavy (non-hydrogen) atoms. The number of para-hydroxylation sites is 1. The molecule has 6 nitrogen and oxygen atoms in total. The molecule has 0 heterocycles. The van der Waals surface area contributed by atoms with E-state index in [4.69, 9.17) is 10.3 Å². The van der Waals surface area contributed by atoms with Crippen LogP contribution in [-0.4, -0.2) is 8.42 Å². The highest BCUT2D eigenvalue weighted by atomic mass is 32.2. The van der Waals surface area contributed by atoms with Gasteiger partial charge in [-0.3, -0.25) is 0 Å². The highest BCUT2D eigenvalue weighted by Crippen LogP contribution is 2.26. The molecule has 0 amide bonds. The SMILES string of the molecule is [N-]=[N+]=NS(=O)(=O)c1ccc(-c2ccc(Oc3ccccc3)cc2)cc1. The number of nitrogens with zero attached hydrogens (tertiary/aromatic N) is 3. The molecule has 0 bridgehead atoms. The lowest BCUT2D eigenvalue weighted by molar-refractivity contribution is 0.483. The third-order valence-electron chi connectivity index (χ3n) is 3.46. The fourth-order valence-electron chi connectivity index (χ4n) is 2.25. The van der Waals surface area contributed by atoms with E-state index in [-0.39, 0.29) is 4.90 Å². The Kier molecular flexibility index (Phi) is 4.70. The minimum absolute atomic E-state index is 0.0434. The van der Waals surface area contributed by atoms with Gasteiger partial charge in [0.25, 0.3) is 10.0 Å². The Morgan fingerprint density at radius 2 is 1.28 bits per heavy atom. The van der Waals surface area contributed by atoms with Crippen molar-refractivity contribution in [2.45, 2.75) is 4.90 Å². The largest absolute Gasteiger partial charge is 0.457 e. The first-order valence-corrected chi connectivity index (χ1v) is 8.77. The van der Waals surface area contributed by atoms with Crippen molar-refractivity contribution in [2.75, 3.05) is 0 Å². The molecule has 0 N–H and O–H groups in total. The predicted molar refractivity (Wildman–Crippen MR) is 94.7 cm³/mol. The fraction of sp³-hybridized carbons (Fsp3) is 0. The van der Waals surface area contributed by atoms with Crippen LogP contribution in [0.3, 0.4) is 0 Å². The summed E-state index contributed by atoms with van der Waals surface area (Å²) in [6, 6.07) is 23.0. The zero-order valence-electron chi connectivity index (χ0n) is 13.0. The van der Waals surface area contributed by atoms with E-state index in [1.807, 2.05) is 54.6 Å². The monoisotopic (exact) mass is 351 g/mol. The van der Waals surface area contributed by atoms with Crippen LogP contribution in [0, 0.1) is 0 Å². The van der Waals surface area contributed by atoms with Crippen molar-refractivity contribution in [3.05, 3.63) is 89.3 Å². The van der Waals surface area contributed by atoms with Crippen molar-refractivity contribution in [1.29, 1.82) is 0 Å². The summed E-state index contributed by atoms with van der Waals surface area (Å²) in [4.78, 5) is 2.29. The molecule has 0 saturated carbocycles. The summed E-state index contributed by atoms with van der Waals surface area (Å²) < 4.78 is 31.9. The molecule has 0 atom stereocenters. The normalized spacial score (nSPS) is 10.7. The van der Waals surface area contributed by atoms with Gasteiger partial charge in [0, 0.05) is 9.43 Å². The summed E-state index contributed by atoms with van der Waals surface area (Å²) in [6.45, 7) is 0. The van der Waals surface area contributed by atoms with E-state index in [1.165, 1.54) is 12.1 Å².